The second-order valence-electron chi connectivity index (χ2n) is 5.43. The Labute approximate surface area is 173 Å². The number of benzene rings is 1. The van der Waals surface area contributed by atoms with E-state index < -0.39 is 0 Å². The summed E-state index contributed by atoms with van der Waals surface area (Å²) in [5, 5.41) is 5.05. The first-order valence-corrected chi connectivity index (χ1v) is 9.36. The van der Waals surface area contributed by atoms with Crippen LogP contribution >= 0.6 is 34.8 Å². The molecule has 0 saturated heterocycles. The molecule has 3 rings (SSSR count). The highest BCUT2D eigenvalue weighted by molar-refractivity contribution is 6.29. The van der Waals surface area contributed by atoms with Crippen LogP contribution in [0.5, 0.6) is 0 Å². The summed E-state index contributed by atoms with van der Waals surface area (Å²) < 4.78 is 0. The van der Waals surface area contributed by atoms with E-state index in [1.807, 2.05) is 49.4 Å². The summed E-state index contributed by atoms with van der Waals surface area (Å²) in [6.07, 6.45) is 3.34. The highest BCUT2D eigenvalue weighted by Gasteiger charge is 1.97. The van der Waals surface area contributed by atoms with Gasteiger partial charge in [0.15, 0.2) is 0 Å². The highest BCUT2D eigenvalue weighted by atomic mass is 35.5. The SMILES string of the molecule is C/C(=N\OCc1ccc(Cl)nc1)c1ccccc1.ClCc1ccc(Cl)nc1. The van der Waals surface area contributed by atoms with Gasteiger partial charge < -0.3 is 4.84 Å². The predicted octanol–water partition coefficient (Wildman–Crippen LogP) is 6.15. The van der Waals surface area contributed by atoms with Crippen LogP contribution in [0.1, 0.15) is 23.6 Å². The van der Waals surface area contributed by atoms with Crippen molar-refractivity contribution in [1.29, 1.82) is 0 Å². The first-order chi connectivity index (χ1) is 13.1. The first kappa shape index (κ1) is 21.2. The normalized spacial score (nSPS) is 10.7. The number of nitrogens with zero attached hydrogens (tertiary/aromatic N) is 3. The van der Waals surface area contributed by atoms with E-state index in [0.717, 1.165) is 22.4 Å². The average molecular weight is 423 g/mol. The van der Waals surface area contributed by atoms with Crippen molar-refractivity contribution in [1.82, 2.24) is 9.97 Å². The molecule has 0 spiro atoms. The zero-order valence-electron chi connectivity index (χ0n) is 14.6. The Morgan fingerprint density at radius 1 is 0.889 bits per heavy atom. The zero-order valence-corrected chi connectivity index (χ0v) is 16.9. The van der Waals surface area contributed by atoms with Gasteiger partial charge in [-0.25, -0.2) is 9.97 Å². The van der Waals surface area contributed by atoms with Gasteiger partial charge in [0.05, 0.1) is 5.71 Å². The van der Waals surface area contributed by atoms with Crippen molar-refractivity contribution >= 4 is 40.5 Å². The van der Waals surface area contributed by atoms with E-state index in [-0.39, 0.29) is 0 Å². The van der Waals surface area contributed by atoms with Gasteiger partial charge in [0, 0.05) is 23.8 Å². The van der Waals surface area contributed by atoms with E-state index in [9.17, 15) is 0 Å². The third-order valence-electron chi connectivity index (χ3n) is 3.36. The number of alkyl halides is 1. The van der Waals surface area contributed by atoms with Gasteiger partial charge in [-0.1, -0.05) is 70.8 Å². The number of hydrogen-bond acceptors (Lipinski definition) is 4. The molecule has 27 heavy (non-hydrogen) atoms. The summed E-state index contributed by atoms with van der Waals surface area (Å²) in [6.45, 7) is 2.30. The highest BCUT2D eigenvalue weighted by Crippen LogP contribution is 2.08. The van der Waals surface area contributed by atoms with Crippen LogP contribution in [0.2, 0.25) is 10.3 Å². The molecule has 3 aromatic rings. The molecule has 0 amide bonds. The molecule has 0 fully saturated rings. The maximum Gasteiger partial charge on any atom is 0.143 e. The fourth-order valence-corrected chi connectivity index (χ4v) is 2.29. The molecule has 0 saturated carbocycles. The fraction of sp³-hybridized carbons (Fsp3) is 0.150. The van der Waals surface area contributed by atoms with E-state index in [4.69, 9.17) is 39.6 Å². The molecule has 2 heterocycles. The van der Waals surface area contributed by atoms with Gasteiger partial charge >= 0.3 is 0 Å². The lowest BCUT2D eigenvalue weighted by Crippen LogP contribution is -1.96. The van der Waals surface area contributed by atoms with Crippen LogP contribution in [0.25, 0.3) is 0 Å². The molecule has 0 unspecified atom stereocenters. The molecule has 0 aliphatic carbocycles. The van der Waals surface area contributed by atoms with Gasteiger partial charge in [-0.3, -0.25) is 0 Å². The molecule has 140 valence electrons. The first-order valence-electron chi connectivity index (χ1n) is 8.07. The van der Waals surface area contributed by atoms with Crippen LogP contribution in [-0.2, 0) is 17.3 Å². The molecule has 7 heteroatoms. The summed E-state index contributed by atoms with van der Waals surface area (Å²) in [7, 11) is 0. The van der Waals surface area contributed by atoms with E-state index in [1.54, 1.807) is 24.5 Å². The Hall–Kier alpha value is -2.14. The monoisotopic (exact) mass is 421 g/mol. The Morgan fingerprint density at radius 2 is 1.48 bits per heavy atom. The molecule has 0 aliphatic rings. The Morgan fingerprint density at radius 3 is 2.00 bits per heavy atom. The third-order valence-corrected chi connectivity index (χ3v) is 4.11. The fourth-order valence-electron chi connectivity index (χ4n) is 1.91. The topological polar surface area (TPSA) is 47.4 Å². The maximum atomic E-state index is 5.70. The van der Waals surface area contributed by atoms with Gasteiger partial charge in [0.1, 0.15) is 16.9 Å². The standard InChI is InChI=1S/C14H13ClN2O.C6H5Cl2N/c1-11(13-5-3-2-4-6-13)17-18-10-12-7-8-14(15)16-9-12;7-3-5-1-2-6(8)9-4-5/h2-9H,10H2,1H3;1-2,4H,3H2/b17-11+;. The molecular weight excluding hydrogens is 405 g/mol. The predicted molar refractivity (Wildman–Crippen MR) is 111 cm³/mol. The van der Waals surface area contributed by atoms with Gasteiger partial charge in [0.25, 0.3) is 0 Å². The van der Waals surface area contributed by atoms with E-state index in [0.29, 0.717) is 22.8 Å². The molecular formula is C20H18Cl3N3O. The molecule has 0 N–H and O–H groups in total. The minimum atomic E-state index is 0.383. The zero-order chi connectivity index (χ0) is 19.5. The largest absolute Gasteiger partial charge is 0.391 e. The lowest BCUT2D eigenvalue weighted by atomic mass is 10.1. The summed E-state index contributed by atoms with van der Waals surface area (Å²) >= 11 is 16.7. The minimum absolute atomic E-state index is 0.383. The van der Waals surface area contributed by atoms with Gasteiger partial charge in [-0.15, -0.1) is 11.6 Å². The number of pyridine rings is 2. The van der Waals surface area contributed by atoms with Crippen molar-refractivity contribution in [2.45, 2.75) is 19.4 Å². The minimum Gasteiger partial charge on any atom is -0.391 e. The molecule has 0 aliphatic heterocycles. The Bertz CT molecular complexity index is 839. The number of rotatable bonds is 5. The maximum absolute atomic E-state index is 5.70. The molecule has 0 radical (unpaired) electrons. The molecule has 4 nitrogen and oxygen atoms in total. The van der Waals surface area contributed by atoms with Gasteiger partial charge in [0.2, 0.25) is 0 Å². The van der Waals surface area contributed by atoms with Crippen LogP contribution in [0.3, 0.4) is 0 Å². The van der Waals surface area contributed by atoms with Crippen LogP contribution in [0.4, 0.5) is 0 Å². The van der Waals surface area contributed by atoms with Crippen LogP contribution in [0, 0.1) is 0 Å². The smallest absolute Gasteiger partial charge is 0.143 e. The molecule has 0 atom stereocenters. The molecule has 1 aromatic carbocycles. The summed E-state index contributed by atoms with van der Waals surface area (Å²) in [5.41, 5.74) is 3.81. The number of hydrogen-bond donors (Lipinski definition) is 0. The summed E-state index contributed by atoms with van der Waals surface area (Å²) in [6, 6.07) is 17.1. The van der Waals surface area contributed by atoms with Crippen molar-refractivity contribution < 1.29 is 4.84 Å². The van der Waals surface area contributed by atoms with Crippen molar-refractivity contribution in [2.24, 2.45) is 5.16 Å². The quantitative estimate of drug-likeness (QED) is 0.214. The van der Waals surface area contributed by atoms with Crippen LogP contribution in [-0.4, -0.2) is 15.7 Å². The van der Waals surface area contributed by atoms with Gasteiger partial charge in [-0.2, -0.15) is 0 Å². The average Bonchev–Trinajstić information content (AvgIpc) is 2.71. The van der Waals surface area contributed by atoms with E-state index in [1.165, 1.54) is 0 Å². The summed E-state index contributed by atoms with van der Waals surface area (Å²) in [5.74, 6) is 0.490. The second kappa shape index (κ2) is 11.5. The van der Waals surface area contributed by atoms with Crippen molar-refractivity contribution in [3.05, 3.63) is 94.0 Å². The lowest BCUT2D eigenvalue weighted by Gasteiger charge is -2.02. The Kier molecular flexibility index (Phi) is 9.05. The Balaban J connectivity index is 0.000000244. The van der Waals surface area contributed by atoms with Crippen molar-refractivity contribution in [2.75, 3.05) is 0 Å². The molecule has 0 bridgehead atoms. The molecule has 2 aromatic heterocycles. The lowest BCUT2D eigenvalue weighted by molar-refractivity contribution is 0.130. The number of aromatic nitrogens is 2. The van der Waals surface area contributed by atoms with Gasteiger partial charge in [-0.05, 0) is 30.2 Å². The number of halogens is 3. The van der Waals surface area contributed by atoms with Crippen LogP contribution < -0.4 is 0 Å². The van der Waals surface area contributed by atoms with E-state index in [2.05, 4.69) is 15.1 Å². The second-order valence-corrected chi connectivity index (χ2v) is 6.47. The third kappa shape index (κ3) is 7.95. The van der Waals surface area contributed by atoms with E-state index >= 15 is 0 Å². The van der Waals surface area contributed by atoms with Crippen molar-refractivity contribution in [3.8, 4) is 0 Å². The van der Waals surface area contributed by atoms with Crippen molar-refractivity contribution in [3.63, 3.8) is 0 Å². The summed E-state index contributed by atoms with van der Waals surface area (Å²) in [4.78, 5) is 13.1. The number of oxime groups is 1. The van der Waals surface area contributed by atoms with Crippen LogP contribution in [0.15, 0.2) is 72.1 Å².